The summed E-state index contributed by atoms with van der Waals surface area (Å²) in [7, 11) is -3.58. The van der Waals surface area contributed by atoms with Crippen molar-refractivity contribution in [2.75, 3.05) is 18.8 Å². The Morgan fingerprint density at radius 1 is 1.59 bits per heavy atom. The standard InChI is InChI=1S/C10H18N4O2S/c1-4-7-14(6-3)17(15,16)9-8-13(5-2)12-10(9)11/h4,8H,1,5-7H2,2-3H3,(H2,11,12). The van der Waals surface area contributed by atoms with Gasteiger partial charge in [0.2, 0.25) is 10.0 Å². The smallest absolute Gasteiger partial charge is 0.248 e. The fourth-order valence-corrected chi connectivity index (χ4v) is 2.94. The van der Waals surface area contributed by atoms with Crippen molar-refractivity contribution in [2.45, 2.75) is 25.3 Å². The predicted molar refractivity (Wildman–Crippen MR) is 66.9 cm³/mol. The summed E-state index contributed by atoms with van der Waals surface area (Å²) in [6.07, 6.45) is 3.00. The van der Waals surface area contributed by atoms with Gasteiger partial charge in [-0.15, -0.1) is 6.58 Å². The van der Waals surface area contributed by atoms with Gasteiger partial charge in [-0.05, 0) is 6.92 Å². The van der Waals surface area contributed by atoms with Crippen LogP contribution < -0.4 is 5.73 Å². The lowest BCUT2D eigenvalue weighted by atomic mass is 10.6. The van der Waals surface area contributed by atoms with E-state index in [0.29, 0.717) is 13.1 Å². The van der Waals surface area contributed by atoms with Crippen LogP contribution in [0.25, 0.3) is 0 Å². The molecule has 1 rings (SSSR count). The van der Waals surface area contributed by atoms with E-state index in [-0.39, 0.29) is 17.3 Å². The van der Waals surface area contributed by atoms with Gasteiger partial charge < -0.3 is 5.73 Å². The minimum Gasteiger partial charge on any atom is -0.381 e. The second kappa shape index (κ2) is 5.33. The number of sulfonamides is 1. The monoisotopic (exact) mass is 258 g/mol. The van der Waals surface area contributed by atoms with Crippen molar-refractivity contribution in [2.24, 2.45) is 0 Å². The highest BCUT2D eigenvalue weighted by molar-refractivity contribution is 7.89. The quantitative estimate of drug-likeness (QED) is 0.761. The summed E-state index contributed by atoms with van der Waals surface area (Å²) < 4.78 is 27.3. The molecule has 1 heterocycles. The summed E-state index contributed by atoms with van der Waals surface area (Å²) in [5.41, 5.74) is 5.63. The number of rotatable bonds is 6. The summed E-state index contributed by atoms with van der Waals surface area (Å²) in [5, 5.41) is 3.94. The molecule has 17 heavy (non-hydrogen) atoms. The molecular formula is C10H18N4O2S. The fraction of sp³-hybridized carbons (Fsp3) is 0.500. The van der Waals surface area contributed by atoms with Crippen molar-refractivity contribution in [3.05, 3.63) is 18.9 Å². The molecule has 0 atom stereocenters. The van der Waals surface area contributed by atoms with Gasteiger partial charge in [0.15, 0.2) is 5.82 Å². The lowest BCUT2D eigenvalue weighted by Crippen LogP contribution is -2.31. The third kappa shape index (κ3) is 2.67. The van der Waals surface area contributed by atoms with E-state index in [2.05, 4.69) is 11.7 Å². The number of hydrogen-bond acceptors (Lipinski definition) is 4. The van der Waals surface area contributed by atoms with Crippen LogP contribution in [0.4, 0.5) is 5.82 Å². The average Bonchev–Trinajstić information content (AvgIpc) is 2.67. The molecule has 0 amide bonds. The van der Waals surface area contributed by atoms with Gasteiger partial charge in [0.1, 0.15) is 4.90 Å². The van der Waals surface area contributed by atoms with Crippen LogP contribution in [0.3, 0.4) is 0 Å². The van der Waals surface area contributed by atoms with E-state index in [4.69, 9.17) is 5.73 Å². The Hall–Kier alpha value is -1.34. The molecule has 0 saturated carbocycles. The van der Waals surface area contributed by atoms with Crippen LogP contribution in [0, 0.1) is 0 Å². The zero-order valence-corrected chi connectivity index (χ0v) is 10.9. The van der Waals surface area contributed by atoms with Crippen LogP contribution in [0.2, 0.25) is 0 Å². The molecular weight excluding hydrogens is 240 g/mol. The molecule has 0 unspecified atom stereocenters. The SMILES string of the molecule is C=CCN(CC)S(=O)(=O)c1cn(CC)nc1N. The van der Waals surface area contributed by atoms with Crippen molar-refractivity contribution < 1.29 is 8.42 Å². The average molecular weight is 258 g/mol. The molecule has 0 aliphatic rings. The third-order valence-corrected chi connectivity index (χ3v) is 4.34. The van der Waals surface area contributed by atoms with Gasteiger partial charge in [-0.2, -0.15) is 9.40 Å². The Balaban J connectivity index is 3.19. The van der Waals surface area contributed by atoms with Crippen LogP contribution in [0.1, 0.15) is 13.8 Å². The Labute approximate surface area is 102 Å². The number of likely N-dealkylation sites (N-methyl/N-ethyl adjacent to an activating group) is 1. The molecule has 0 saturated heterocycles. The molecule has 2 N–H and O–H groups in total. The van der Waals surface area contributed by atoms with Crippen LogP contribution in [0.5, 0.6) is 0 Å². The third-order valence-electron chi connectivity index (χ3n) is 2.38. The molecule has 0 aliphatic heterocycles. The predicted octanol–water partition coefficient (Wildman–Crippen LogP) is 0.682. The van der Waals surface area contributed by atoms with Gasteiger partial charge >= 0.3 is 0 Å². The molecule has 0 aromatic carbocycles. The molecule has 6 nitrogen and oxygen atoms in total. The lowest BCUT2D eigenvalue weighted by Gasteiger charge is -2.17. The topological polar surface area (TPSA) is 81.2 Å². The van der Waals surface area contributed by atoms with E-state index in [1.165, 1.54) is 15.2 Å². The number of aryl methyl sites for hydroxylation is 1. The lowest BCUT2D eigenvalue weighted by molar-refractivity contribution is 0.460. The van der Waals surface area contributed by atoms with E-state index in [9.17, 15) is 8.42 Å². The number of anilines is 1. The zero-order valence-electron chi connectivity index (χ0n) is 10.1. The largest absolute Gasteiger partial charge is 0.381 e. The minimum absolute atomic E-state index is 0.0364. The first kappa shape index (κ1) is 13.7. The molecule has 1 aromatic rings. The molecule has 0 fully saturated rings. The molecule has 0 radical (unpaired) electrons. The summed E-state index contributed by atoms with van der Waals surface area (Å²) in [6, 6.07) is 0. The highest BCUT2D eigenvalue weighted by Crippen LogP contribution is 2.20. The summed E-state index contributed by atoms with van der Waals surface area (Å²) >= 11 is 0. The Kier molecular flexibility index (Phi) is 4.30. The second-order valence-electron chi connectivity index (χ2n) is 3.48. The minimum atomic E-state index is -3.58. The number of nitrogen functional groups attached to an aromatic ring is 1. The zero-order chi connectivity index (χ0) is 13.1. The van der Waals surface area contributed by atoms with Gasteiger partial charge in [0.25, 0.3) is 0 Å². The van der Waals surface area contributed by atoms with Gasteiger partial charge in [0.05, 0.1) is 0 Å². The van der Waals surface area contributed by atoms with Gasteiger partial charge in [-0.1, -0.05) is 13.0 Å². The number of nitrogens with zero attached hydrogens (tertiary/aromatic N) is 3. The number of aromatic nitrogens is 2. The molecule has 7 heteroatoms. The number of nitrogens with two attached hydrogens (primary N) is 1. The van der Waals surface area contributed by atoms with Crippen LogP contribution in [-0.2, 0) is 16.6 Å². The molecule has 0 spiro atoms. The summed E-state index contributed by atoms with van der Waals surface area (Å²) in [5.74, 6) is 0.0364. The van der Waals surface area contributed by atoms with Crippen molar-refractivity contribution in [3.63, 3.8) is 0 Å². The van der Waals surface area contributed by atoms with Crippen molar-refractivity contribution in [3.8, 4) is 0 Å². The molecule has 0 bridgehead atoms. The van der Waals surface area contributed by atoms with E-state index in [0.717, 1.165) is 0 Å². The van der Waals surface area contributed by atoms with Crippen molar-refractivity contribution in [1.82, 2.24) is 14.1 Å². The van der Waals surface area contributed by atoms with Crippen molar-refractivity contribution in [1.29, 1.82) is 0 Å². The highest BCUT2D eigenvalue weighted by atomic mass is 32.2. The van der Waals surface area contributed by atoms with Gasteiger partial charge in [-0.3, -0.25) is 4.68 Å². The first-order chi connectivity index (χ1) is 7.97. The molecule has 96 valence electrons. The maximum absolute atomic E-state index is 12.2. The summed E-state index contributed by atoms with van der Waals surface area (Å²) in [4.78, 5) is 0.0584. The van der Waals surface area contributed by atoms with Crippen LogP contribution in [-0.4, -0.2) is 35.6 Å². The van der Waals surface area contributed by atoms with Crippen molar-refractivity contribution >= 4 is 15.8 Å². The maximum atomic E-state index is 12.2. The van der Waals surface area contributed by atoms with E-state index >= 15 is 0 Å². The molecule has 1 aromatic heterocycles. The van der Waals surface area contributed by atoms with E-state index in [1.807, 2.05) is 6.92 Å². The van der Waals surface area contributed by atoms with Crippen LogP contribution in [0.15, 0.2) is 23.7 Å². The Morgan fingerprint density at radius 3 is 2.65 bits per heavy atom. The first-order valence-corrected chi connectivity index (χ1v) is 6.85. The van der Waals surface area contributed by atoms with Gasteiger partial charge in [0, 0.05) is 25.8 Å². The Bertz CT molecular complexity index is 492. The normalized spacial score (nSPS) is 11.9. The fourth-order valence-electron chi connectivity index (χ4n) is 1.46. The van der Waals surface area contributed by atoms with Gasteiger partial charge in [-0.25, -0.2) is 8.42 Å². The Morgan fingerprint density at radius 2 is 2.24 bits per heavy atom. The van der Waals surface area contributed by atoms with Crippen LogP contribution >= 0.6 is 0 Å². The highest BCUT2D eigenvalue weighted by Gasteiger charge is 2.26. The van der Waals surface area contributed by atoms with E-state index < -0.39 is 10.0 Å². The maximum Gasteiger partial charge on any atom is 0.248 e. The summed E-state index contributed by atoms with van der Waals surface area (Å²) in [6.45, 7) is 8.37. The molecule has 0 aliphatic carbocycles. The number of hydrogen-bond donors (Lipinski definition) is 1. The van der Waals surface area contributed by atoms with E-state index in [1.54, 1.807) is 13.0 Å². The second-order valence-corrected chi connectivity index (χ2v) is 5.38. The first-order valence-electron chi connectivity index (χ1n) is 5.41.